The van der Waals surface area contributed by atoms with Crippen molar-refractivity contribution in [2.75, 3.05) is 20.6 Å². The van der Waals surface area contributed by atoms with Gasteiger partial charge in [0.15, 0.2) is 0 Å². The zero-order valence-electron chi connectivity index (χ0n) is 23.2. The minimum Gasteiger partial charge on any atom is -0.309 e. The fourth-order valence-corrected chi connectivity index (χ4v) is 3.31. The second-order valence-corrected chi connectivity index (χ2v) is 9.64. The van der Waals surface area contributed by atoms with Gasteiger partial charge in [0.25, 0.3) is 0 Å². The molecule has 0 aromatic heterocycles. The van der Waals surface area contributed by atoms with Gasteiger partial charge in [-0.15, -0.1) is 0 Å². The van der Waals surface area contributed by atoms with E-state index < -0.39 is 0 Å². The van der Waals surface area contributed by atoms with Crippen LogP contribution < -0.4 is 0 Å². The molecule has 0 aliphatic rings. The summed E-state index contributed by atoms with van der Waals surface area (Å²) in [6.07, 6.45) is 7.27. The van der Waals surface area contributed by atoms with Gasteiger partial charge in [0, 0.05) is 12.1 Å². The first-order valence-electron chi connectivity index (χ1n) is 12.6. The predicted octanol–water partition coefficient (Wildman–Crippen LogP) is 9.25. The lowest BCUT2D eigenvalue weighted by molar-refractivity contribution is 0.270. The number of allylic oxidation sites excluding steroid dienone is 5. The van der Waals surface area contributed by atoms with Gasteiger partial charge in [-0.2, -0.15) is 0 Å². The fourth-order valence-electron chi connectivity index (χ4n) is 3.31. The third-order valence-corrected chi connectivity index (χ3v) is 6.06. The Kier molecular flexibility index (Phi) is 17.2. The summed E-state index contributed by atoms with van der Waals surface area (Å²) in [6, 6.07) is 17.1. The molecule has 2 aromatic carbocycles. The maximum absolute atomic E-state index is 13.2. The van der Waals surface area contributed by atoms with Gasteiger partial charge in [0.05, 0.1) is 0 Å². The van der Waals surface area contributed by atoms with Crippen LogP contribution in [0.5, 0.6) is 0 Å². The van der Waals surface area contributed by atoms with E-state index in [0.717, 1.165) is 23.8 Å². The van der Waals surface area contributed by atoms with E-state index in [9.17, 15) is 4.39 Å². The number of benzene rings is 2. The molecule has 192 valence electrons. The summed E-state index contributed by atoms with van der Waals surface area (Å²) in [5.41, 5.74) is 3.96. The molecule has 0 spiro atoms. The molecule has 2 heteroatoms. The van der Waals surface area contributed by atoms with Crippen molar-refractivity contribution < 1.29 is 4.39 Å². The first-order chi connectivity index (χ1) is 16.6. The van der Waals surface area contributed by atoms with E-state index in [1.54, 1.807) is 36.4 Å². The summed E-state index contributed by atoms with van der Waals surface area (Å²) in [6.45, 7) is 23.7. The molecule has 1 unspecified atom stereocenters. The number of nitrogens with zero attached hydrogens (tertiary/aromatic N) is 1. The van der Waals surface area contributed by atoms with Crippen molar-refractivity contribution in [2.45, 2.75) is 47.5 Å². The van der Waals surface area contributed by atoms with Crippen LogP contribution in [0.1, 0.15) is 52.2 Å². The summed E-state index contributed by atoms with van der Waals surface area (Å²) in [4.78, 5) is 2.26. The van der Waals surface area contributed by atoms with Crippen molar-refractivity contribution in [1.29, 1.82) is 0 Å². The Bertz CT molecular complexity index is 892. The molecule has 2 atom stereocenters. The number of rotatable bonds is 10. The summed E-state index contributed by atoms with van der Waals surface area (Å²) >= 11 is 0. The maximum Gasteiger partial charge on any atom is 0.131 e. The lowest BCUT2D eigenvalue weighted by Crippen LogP contribution is -2.23. The quantitative estimate of drug-likeness (QED) is 0.243. The predicted molar refractivity (Wildman–Crippen MR) is 156 cm³/mol. The molecular formula is C33H48FN. The molecular weight excluding hydrogens is 429 g/mol. The Morgan fingerprint density at radius 2 is 1.49 bits per heavy atom. The molecule has 35 heavy (non-hydrogen) atoms. The largest absolute Gasteiger partial charge is 0.309 e. The summed E-state index contributed by atoms with van der Waals surface area (Å²) in [7, 11) is 4.28. The Morgan fingerprint density at radius 3 is 1.94 bits per heavy atom. The standard InChI is InChI=1S/C12H11F.C12H16.C9H21N/c1-3-7-10(4-2)11-8-5-6-9-12(11)13;1-10(2)11(3)9-12-7-5-4-6-8-12;1-6-8(2)9(3)7-10(4)5/h3-9H,1-2H2;4-8,10H,3,9H2,1-2H3;8-9H,6-7H2,1-5H3/b10-7+;;/t;;8-,9?/m..0/s1. The van der Waals surface area contributed by atoms with Crippen molar-refractivity contribution in [3.63, 3.8) is 0 Å². The third kappa shape index (κ3) is 14.3. The summed E-state index contributed by atoms with van der Waals surface area (Å²) in [5.74, 6) is 2.04. The minimum atomic E-state index is -0.240. The van der Waals surface area contributed by atoms with Gasteiger partial charge < -0.3 is 4.90 Å². The van der Waals surface area contributed by atoms with E-state index in [2.05, 4.69) is 97.6 Å². The monoisotopic (exact) mass is 477 g/mol. The van der Waals surface area contributed by atoms with E-state index in [0.29, 0.717) is 11.5 Å². The first-order valence-corrected chi connectivity index (χ1v) is 12.6. The van der Waals surface area contributed by atoms with Crippen LogP contribution in [0.2, 0.25) is 0 Å². The fraction of sp³-hybridized carbons (Fsp3) is 0.394. The van der Waals surface area contributed by atoms with Crippen molar-refractivity contribution in [3.8, 4) is 0 Å². The average Bonchev–Trinajstić information content (AvgIpc) is 2.83. The molecule has 0 radical (unpaired) electrons. The second kappa shape index (κ2) is 18.6. The molecule has 0 saturated carbocycles. The van der Waals surface area contributed by atoms with Gasteiger partial charge in [-0.05, 0) is 55.5 Å². The highest BCUT2D eigenvalue weighted by Crippen LogP contribution is 2.18. The Hall–Kier alpha value is -2.71. The van der Waals surface area contributed by atoms with Gasteiger partial charge in [0.2, 0.25) is 0 Å². The van der Waals surface area contributed by atoms with E-state index >= 15 is 0 Å². The third-order valence-electron chi connectivity index (χ3n) is 6.06. The van der Waals surface area contributed by atoms with E-state index in [-0.39, 0.29) is 5.82 Å². The van der Waals surface area contributed by atoms with Crippen LogP contribution in [0.3, 0.4) is 0 Å². The smallest absolute Gasteiger partial charge is 0.131 e. The first kappa shape index (κ1) is 32.3. The van der Waals surface area contributed by atoms with Crippen molar-refractivity contribution >= 4 is 5.57 Å². The molecule has 0 N–H and O–H groups in total. The molecule has 2 rings (SSSR count). The molecule has 0 saturated heterocycles. The lowest BCUT2D eigenvalue weighted by atomic mass is 9.93. The Morgan fingerprint density at radius 1 is 0.914 bits per heavy atom. The van der Waals surface area contributed by atoms with Crippen LogP contribution in [-0.4, -0.2) is 25.5 Å². The number of halogens is 1. The van der Waals surface area contributed by atoms with E-state index in [1.165, 1.54) is 30.2 Å². The summed E-state index contributed by atoms with van der Waals surface area (Å²) < 4.78 is 13.2. The number of hydrogen-bond acceptors (Lipinski definition) is 1. The molecule has 0 amide bonds. The highest BCUT2D eigenvalue weighted by Gasteiger charge is 2.10. The van der Waals surface area contributed by atoms with Crippen molar-refractivity contribution in [2.24, 2.45) is 17.8 Å². The zero-order valence-corrected chi connectivity index (χ0v) is 23.2. The lowest BCUT2D eigenvalue weighted by Gasteiger charge is -2.21. The normalized spacial score (nSPS) is 12.6. The van der Waals surface area contributed by atoms with Gasteiger partial charge >= 0.3 is 0 Å². The van der Waals surface area contributed by atoms with Crippen molar-refractivity contribution in [3.05, 3.63) is 115 Å². The van der Waals surface area contributed by atoms with Gasteiger partial charge in [-0.1, -0.05) is 133 Å². The van der Waals surface area contributed by atoms with Crippen LogP contribution in [0, 0.1) is 23.6 Å². The van der Waals surface area contributed by atoms with Gasteiger partial charge in [-0.3, -0.25) is 0 Å². The van der Waals surface area contributed by atoms with E-state index in [1.807, 2.05) is 6.07 Å². The molecule has 0 heterocycles. The maximum atomic E-state index is 13.2. The van der Waals surface area contributed by atoms with Crippen LogP contribution in [0.25, 0.3) is 5.57 Å². The highest BCUT2D eigenvalue weighted by atomic mass is 19.1. The van der Waals surface area contributed by atoms with Crippen LogP contribution in [0.15, 0.2) is 98.1 Å². The minimum absolute atomic E-state index is 0.240. The SMILES string of the molecule is C=C(Cc1ccccc1)C(C)C.C=C/C=C(\C=C)c1ccccc1F.CC[C@H](C)C(C)CN(C)C. The van der Waals surface area contributed by atoms with Crippen LogP contribution >= 0.6 is 0 Å². The van der Waals surface area contributed by atoms with Crippen LogP contribution in [-0.2, 0) is 6.42 Å². The molecule has 1 nitrogen and oxygen atoms in total. The zero-order chi connectivity index (χ0) is 26.8. The molecule has 0 bridgehead atoms. The number of hydrogen-bond donors (Lipinski definition) is 0. The van der Waals surface area contributed by atoms with Gasteiger partial charge in [-0.25, -0.2) is 4.39 Å². The van der Waals surface area contributed by atoms with Crippen LogP contribution in [0.4, 0.5) is 4.39 Å². The topological polar surface area (TPSA) is 3.24 Å². The van der Waals surface area contributed by atoms with Crippen molar-refractivity contribution in [1.82, 2.24) is 4.90 Å². The molecule has 0 fully saturated rings. The summed E-state index contributed by atoms with van der Waals surface area (Å²) in [5, 5.41) is 0. The second-order valence-electron chi connectivity index (χ2n) is 9.64. The molecule has 2 aromatic rings. The average molecular weight is 478 g/mol. The highest BCUT2D eigenvalue weighted by molar-refractivity contribution is 5.74. The molecule has 0 aliphatic carbocycles. The Balaban J connectivity index is 0.000000501. The van der Waals surface area contributed by atoms with Gasteiger partial charge in [0.1, 0.15) is 5.82 Å². The molecule has 0 aliphatic heterocycles. The Labute approximate surface area is 215 Å². The van der Waals surface area contributed by atoms with E-state index in [4.69, 9.17) is 0 Å².